The summed E-state index contributed by atoms with van der Waals surface area (Å²) in [5.41, 5.74) is 5.35. The van der Waals surface area contributed by atoms with Crippen LogP contribution in [0.2, 0.25) is 0 Å². The number of nitrogens with two attached hydrogens (primary N) is 1. The molecule has 1 atom stereocenters. The summed E-state index contributed by atoms with van der Waals surface area (Å²) < 4.78 is 5.58. The molecule has 1 unspecified atom stereocenters. The third kappa shape index (κ3) is 8.82. The van der Waals surface area contributed by atoms with Gasteiger partial charge in [-0.25, -0.2) is 0 Å². The molecule has 1 amide bonds. The van der Waals surface area contributed by atoms with E-state index in [2.05, 4.69) is 6.08 Å². The van der Waals surface area contributed by atoms with Crippen LogP contribution in [0.25, 0.3) is 0 Å². The molecule has 0 aromatic rings. The molecule has 2 N–H and O–H groups in total. The predicted molar refractivity (Wildman–Crippen MR) is 78.9 cm³/mol. The molecule has 1 aliphatic heterocycles. The third-order valence-corrected chi connectivity index (χ3v) is 3.67. The minimum absolute atomic E-state index is 0.342. The van der Waals surface area contributed by atoms with E-state index < -0.39 is 6.10 Å². The van der Waals surface area contributed by atoms with Gasteiger partial charge >= 0.3 is 0 Å². The van der Waals surface area contributed by atoms with Gasteiger partial charge in [0.25, 0.3) is 0 Å². The van der Waals surface area contributed by atoms with Crippen molar-refractivity contribution in [3.63, 3.8) is 0 Å². The van der Waals surface area contributed by atoms with Crippen LogP contribution in [0, 0.1) is 0 Å². The summed E-state index contributed by atoms with van der Waals surface area (Å²) >= 11 is 0. The summed E-state index contributed by atoms with van der Waals surface area (Å²) in [6.07, 6.45) is 17.0. The summed E-state index contributed by atoms with van der Waals surface area (Å²) in [4.78, 5) is 11.3. The largest absolute Gasteiger partial charge is 0.368 e. The van der Waals surface area contributed by atoms with Crippen molar-refractivity contribution in [2.75, 3.05) is 6.61 Å². The Kier molecular flexibility index (Phi) is 9.42. The van der Waals surface area contributed by atoms with Gasteiger partial charge in [-0.05, 0) is 19.3 Å². The fourth-order valence-electron chi connectivity index (χ4n) is 2.43. The number of allylic oxidation sites excluding steroid dienone is 1. The molecule has 1 aliphatic rings. The summed E-state index contributed by atoms with van der Waals surface area (Å²) in [5, 5.41) is 0. The lowest BCUT2D eigenvalue weighted by Gasteiger charge is -2.12. The standard InChI is InChI=1S/C16H29NO2/c17-16(18)15-13-11-9-7-5-3-1-2-4-6-8-10-12-14-19-15/h9,11,15H,1-8,10,12-14H2,(H2,17,18). The number of rotatable bonds is 1. The Balaban J connectivity index is 2.33. The predicted octanol–water partition coefficient (Wildman–Crippen LogP) is 3.72. The molecule has 19 heavy (non-hydrogen) atoms. The van der Waals surface area contributed by atoms with Crippen molar-refractivity contribution in [2.24, 2.45) is 5.73 Å². The molecule has 0 aliphatic carbocycles. The Labute approximate surface area is 117 Å². The van der Waals surface area contributed by atoms with E-state index >= 15 is 0 Å². The summed E-state index contributed by atoms with van der Waals surface area (Å²) in [6.45, 7) is 0.654. The van der Waals surface area contributed by atoms with Crippen LogP contribution >= 0.6 is 0 Å². The SMILES string of the molecule is NC(=O)C1CC=CCCCCCCCCCCCO1. The van der Waals surface area contributed by atoms with Crippen molar-refractivity contribution in [3.8, 4) is 0 Å². The van der Waals surface area contributed by atoms with E-state index in [9.17, 15) is 4.79 Å². The zero-order chi connectivity index (χ0) is 13.8. The van der Waals surface area contributed by atoms with Crippen LogP contribution in [0.5, 0.6) is 0 Å². The van der Waals surface area contributed by atoms with Gasteiger partial charge in [-0.15, -0.1) is 0 Å². The van der Waals surface area contributed by atoms with E-state index in [1.807, 2.05) is 6.08 Å². The van der Waals surface area contributed by atoms with E-state index in [0.29, 0.717) is 13.0 Å². The van der Waals surface area contributed by atoms with Crippen LogP contribution in [-0.4, -0.2) is 18.6 Å². The molecule has 0 radical (unpaired) electrons. The van der Waals surface area contributed by atoms with Crippen molar-refractivity contribution in [3.05, 3.63) is 12.2 Å². The molecule has 0 saturated carbocycles. The normalized spacial score (nSPS) is 24.9. The Morgan fingerprint density at radius 2 is 1.47 bits per heavy atom. The number of primary amides is 1. The van der Waals surface area contributed by atoms with Gasteiger partial charge in [0.15, 0.2) is 0 Å². The molecular formula is C16H29NO2. The number of hydrogen-bond acceptors (Lipinski definition) is 2. The molecule has 0 aromatic carbocycles. The number of ether oxygens (including phenoxy) is 1. The van der Waals surface area contributed by atoms with Crippen LogP contribution in [-0.2, 0) is 9.53 Å². The minimum atomic E-state index is -0.441. The average Bonchev–Trinajstić information content (AvgIpc) is 2.38. The Morgan fingerprint density at radius 3 is 2.11 bits per heavy atom. The first-order valence-corrected chi connectivity index (χ1v) is 7.86. The number of carbonyl (C=O) groups is 1. The average molecular weight is 267 g/mol. The molecule has 0 saturated heterocycles. The molecule has 3 nitrogen and oxygen atoms in total. The molecule has 3 heteroatoms. The maximum absolute atomic E-state index is 11.3. The molecule has 0 spiro atoms. The molecule has 1 rings (SSSR count). The van der Waals surface area contributed by atoms with E-state index in [-0.39, 0.29) is 5.91 Å². The van der Waals surface area contributed by atoms with Gasteiger partial charge in [0.1, 0.15) is 6.10 Å². The maximum atomic E-state index is 11.3. The maximum Gasteiger partial charge on any atom is 0.246 e. The lowest BCUT2D eigenvalue weighted by molar-refractivity contribution is -0.129. The monoisotopic (exact) mass is 267 g/mol. The van der Waals surface area contributed by atoms with Gasteiger partial charge in [0.05, 0.1) is 0 Å². The van der Waals surface area contributed by atoms with Gasteiger partial charge in [-0.2, -0.15) is 0 Å². The highest BCUT2D eigenvalue weighted by atomic mass is 16.5. The van der Waals surface area contributed by atoms with E-state index in [0.717, 1.165) is 12.8 Å². The van der Waals surface area contributed by atoms with Crippen LogP contribution < -0.4 is 5.73 Å². The second kappa shape index (κ2) is 11.0. The summed E-state index contributed by atoms with van der Waals surface area (Å²) in [6, 6.07) is 0. The molecular weight excluding hydrogens is 238 g/mol. The molecule has 0 bridgehead atoms. The Bertz CT molecular complexity index is 263. The first-order chi connectivity index (χ1) is 9.30. The molecule has 1 heterocycles. The van der Waals surface area contributed by atoms with Crippen molar-refractivity contribution in [1.82, 2.24) is 0 Å². The fraction of sp³-hybridized carbons (Fsp3) is 0.812. The lowest BCUT2D eigenvalue weighted by Crippen LogP contribution is -2.31. The smallest absolute Gasteiger partial charge is 0.246 e. The second-order valence-corrected chi connectivity index (χ2v) is 5.44. The minimum Gasteiger partial charge on any atom is -0.368 e. The fourth-order valence-corrected chi connectivity index (χ4v) is 2.43. The van der Waals surface area contributed by atoms with Crippen molar-refractivity contribution in [2.45, 2.75) is 76.7 Å². The van der Waals surface area contributed by atoms with Gasteiger partial charge in [0.2, 0.25) is 5.91 Å². The van der Waals surface area contributed by atoms with Gasteiger partial charge in [-0.1, -0.05) is 57.1 Å². The zero-order valence-corrected chi connectivity index (χ0v) is 12.1. The first-order valence-electron chi connectivity index (χ1n) is 7.86. The zero-order valence-electron chi connectivity index (χ0n) is 12.1. The van der Waals surface area contributed by atoms with E-state index in [1.165, 1.54) is 51.4 Å². The Morgan fingerprint density at radius 1 is 0.895 bits per heavy atom. The van der Waals surface area contributed by atoms with Crippen molar-refractivity contribution in [1.29, 1.82) is 0 Å². The van der Waals surface area contributed by atoms with Crippen molar-refractivity contribution >= 4 is 5.91 Å². The Hall–Kier alpha value is -0.830. The van der Waals surface area contributed by atoms with Crippen molar-refractivity contribution < 1.29 is 9.53 Å². The number of carbonyl (C=O) groups excluding carboxylic acids is 1. The van der Waals surface area contributed by atoms with Crippen LogP contribution in [0.4, 0.5) is 0 Å². The van der Waals surface area contributed by atoms with Crippen LogP contribution in [0.1, 0.15) is 70.6 Å². The molecule has 0 aromatic heterocycles. The lowest BCUT2D eigenvalue weighted by atomic mass is 10.1. The first kappa shape index (κ1) is 16.2. The quantitative estimate of drug-likeness (QED) is 0.736. The highest BCUT2D eigenvalue weighted by Crippen LogP contribution is 2.12. The van der Waals surface area contributed by atoms with Crippen LogP contribution in [0.3, 0.4) is 0 Å². The number of amides is 1. The van der Waals surface area contributed by atoms with Crippen LogP contribution in [0.15, 0.2) is 12.2 Å². The van der Waals surface area contributed by atoms with Gasteiger partial charge in [0, 0.05) is 13.0 Å². The third-order valence-electron chi connectivity index (χ3n) is 3.67. The van der Waals surface area contributed by atoms with Gasteiger partial charge < -0.3 is 10.5 Å². The topological polar surface area (TPSA) is 52.3 Å². The molecule has 110 valence electrons. The highest BCUT2D eigenvalue weighted by molar-refractivity contribution is 5.78. The van der Waals surface area contributed by atoms with E-state index in [1.54, 1.807) is 0 Å². The number of hydrogen-bond donors (Lipinski definition) is 1. The van der Waals surface area contributed by atoms with E-state index in [4.69, 9.17) is 10.5 Å². The highest BCUT2D eigenvalue weighted by Gasteiger charge is 2.13. The summed E-state index contributed by atoms with van der Waals surface area (Å²) in [5.74, 6) is -0.342. The molecule has 0 fully saturated rings. The summed E-state index contributed by atoms with van der Waals surface area (Å²) in [7, 11) is 0. The van der Waals surface area contributed by atoms with Gasteiger partial charge in [-0.3, -0.25) is 4.79 Å². The second-order valence-electron chi connectivity index (χ2n) is 5.44.